The summed E-state index contributed by atoms with van der Waals surface area (Å²) in [4.78, 5) is 34.7. The molecule has 0 spiro atoms. The van der Waals surface area contributed by atoms with Gasteiger partial charge in [0.05, 0.1) is 40.3 Å². The van der Waals surface area contributed by atoms with E-state index in [1.54, 1.807) is 60.5 Å². The van der Waals surface area contributed by atoms with Crippen LogP contribution in [0.15, 0.2) is 102 Å². The van der Waals surface area contributed by atoms with Gasteiger partial charge in [-0.05, 0) is 61.4 Å². The van der Waals surface area contributed by atoms with E-state index in [0.717, 1.165) is 5.56 Å². The Hall–Kier alpha value is -4.13. The summed E-state index contributed by atoms with van der Waals surface area (Å²) in [7, 11) is 1.56. The lowest BCUT2D eigenvalue weighted by atomic mass is 10.1. The number of carbonyl (C=O) groups excluding carboxylic acids is 1. The number of benzene rings is 4. The van der Waals surface area contributed by atoms with E-state index in [9.17, 15) is 9.59 Å². The second-order valence-electron chi connectivity index (χ2n) is 9.33. The molecule has 0 N–H and O–H groups in total. The van der Waals surface area contributed by atoms with Crippen molar-refractivity contribution in [2.45, 2.75) is 19.4 Å². The summed E-state index contributed by atoms with van der Waals surface area (Å²) in [5, 5.41) is 1.15. The number of aromatic nitrogens is 2. The Morgan fingerprint density at radius 2 is 1.65 bits per heavy atom. The molecule has 1 unspecified atom stereocenters. The van der Waals surface area contributed by atoms with Crippen molar-refractivity contribution in [2.24, 2.45) is 0 Å². The highest BCUT2D eigenvalue weighted by Crippen LogP contribution is 2.30. The number of amides is 1. The summed E-state index contributed by atoms with van der Waals surface area (Å²) in [6.45, 7) is 2.23. The first kappa shape index (κ1) is 27.4. The Bertz CT molecular complexity index is 1740. The van der Waals surface area contributed by atoms with Gasteiger partial charge in [-0.3, -0.25) is 14.2 Å². The van der Waals surface area contributed by atoms with Gasteiger partial charge in [0.2, 0.25) is 0 Å². The Morgan fingerprint density at radius 1 is 0.950 bits per heavy atom. The van der Waals surface area contributed by atoms with Gasteiger partial charge in [-0.15, -0.1) is 0 Å². The van der Waals surface area contributed by atoms with Crippen molar-refractivity contribution in [2.75, 3.05) is 13.7 Å². The summed E-state index contributed by atoms with van der Waals surface area (Å²) in [5.41, 5.74) is 2.22. The number of ether oxygens (including phenoxy) is 1. The van der Waals surface area contributed by atoms with Crippen LogP contribution < -0.4 is 10.3 Å². The molecule has 1 amide bonds. The van der Waals surface area contributed by atoms with Gasteiger partial charge >= 0.3 is 0 Å². The van der Waals surface area contributed by atoms with E-state index in [1.165, 1.54) is 4.57 Å². The summed E-state index contributed by atoms with van der Waals surface area (Å²) >= 11 is 12.6. The molecule has 5 aromatic rings. The molecule has 0 aliphatic carbocycles. The minimum absolute atomic E-state index is 0.253. The maximum atomic E-state index is 14.1. The second-order valence-corrected chi connectivity index (χ2v) is 10.2. The molecule has 1 atom stereocenters. The highest BCUT2D eigenvalue weighted by Gasteiger charge is 2.29. The summed E-state index contributed by atoms with van der Waals surface area (Å²) in [6, 6.07) is 28.5. The van der Waals surface area contributed by atoms with Crippen LogP contribution in [0.5, 0.6) is 5.75 Å². The smallest absolute Gasteiger partial charge is 0.266 e. The average Bonchev–Trinajstić information content (AvgIpc) is 2.97. The van der Waals surface area contributed by atoms with E-state index in [-0.39, 0.29) is 16.5 Å². The molecule has 4 aromatic carbocycles. The summed E-state index contributed by atoms with van der Waals surface area (Å²) in [6.07, 6.45) is 0.592. The minimum atomic E-state index is -0.620. The Balaban J connectivity index is 1.69. The van der Waals surface area contributed by atoms with Crippen LogP contribution in [0.3, 0.4) is 0 Å². The average molecular weight is 572 g/mol. The number of nitrogens with zero attached hydrogens (tertiary/aromatic N) is 3. The van der Waals surface area contributed by atoms with Gasteiger partial charge < -0.3 is 9.64 Å². The molecular formula is C32H27Cl2N3O3. The quantitative estimate of drug-likeness (QED) is 0.198. The lowest BCUT2D eigenvalue weighted by Crippen LogP contribution is -2.39. The van der Waals surface area contributed by atoms with Crippen LogP contribution in [-0.4, -0.2) is 34.0 Å². The number of methoxy groups -OCH3 is 1. The molecule has 1 heterocycles. The van der Waals surface area contributed by atoms with Crippen LogP contribution in [0.4, 0.5) is 0 Å². The third kappa shape index (κ3) is 5.46. The Labute approximate surface area is 242 Å². The molecule has 202 valence electrons. The molecule has 6 nitrogen and oxygen atoms in total. The maximum absolute atomic E-state index is 14.1. The SMILES string of the molecule is COc1ccccc1-n1c(C(C)N(CCc2ccccc2)C(=O)c2ccc(Cl)cc2Cl)nc2ccccc2c1=O. The van der Waals surface area contributed by atoms with Gasteiger partial charge in [0.1, 0.15) is 11.6 Å². The number of carbonyl (C=O) groups is 1. The van der Waals surface area contributed by atoms with Crippen LogP contribution in [0.25, 0.3) is 16.6 Å². The molecule has 0 saturated carbocycles. The number of hydrogen-bond acceptors (Lipinski definition) is 4. The van der Waals surface area contributed by atoms with E-state index >= 15 is 0 Å². The van der Waals surface area contributed by atoms with Gasteiger partial charge in [0.25, 0.3) is 11.5 Å². The van der Waals surface area contributed by atoms with Crippen molar-refractivity contribution in [1.29, 1.82) is 0 Å². The van der Waals surface area contributed by atoms with E-state index in [0.29, 0.717) is 51.7 Å². The fraction of sp³-hybridized carbons (Fsp3) is 0.156. The lowest BCUT2D eigenvalue weighted by molar-refractivity contribution is 0.0684. The first-order valence-corrected chi connectivity index (χ1v) is 13.6. The predicted molar refractivity (Wildman–Crippen MR) is 160 cm³/mol. The predicted octanol–water partition coefficient (Wildman–Crippen LogP) is 7.15. The van der Waals surface area contributed by atoms with Crippen LogP contribution in [0.1, 0.15) is 34.7 Å². The third-order valence-electron chi connectivity index (χ3n) is 6.88. The number of halogens is 2. The zero-order chi connectivity index (χ0) is 28.2. The van der Waals surface area contributed by atoms with Crippen molar-refractivity contribution in [3.8, 4) is 11.4 Å². The number of rotatable bonds is 8. The van der Waals surface area contributed by atoms with Crippen LogP contribution in [0, 0.1) is 0 Å². The molecule has 1 aromatic heterocycles. The molecule has 8 heteroatoms. The Kier molecular flexibility index (Phi) is 8.19. The fourth-order valence-electron chi connectivity index (χ4n) is 4.80. The van der Waals surface area contributed by atoms with Crippen molar-refractivity contribution >= 4 is 40.0 Å². The zero-order valence-corrected chi connectivity index (χ0v) is 23.6. The molecule has 0 bridgehead atoms. The van der Waals surface area contributed by atoms with Gasteiger partial charge in [-0.2, -0.15) is 0 Å². The van der Waals surface area contributed by atoms with Crippen molar-refractivity contribution in [3.05, 3.63) is 134 Å². The largest absolute Gasteiger partial charge is 0.495 e. The molecule has 0 aliphatic rings. The minimum Gasteiger partial charge on any atom is -0.495 e. The monoisotopic (exact) mass is 571 g/mol. The second kappa shape index (κ2) is 11.9. The van der Waals surface area contributed by atoms with Crippen molar-refractivity contribution in [1.82, 2.24) is 14.5 Å². The molecule has 0 radical (unpaired) electrons. The highest BCUT2D eigenvalue weighted by atomic mass is 35.5. The fourth-order valence-corrected chi connectivity index (χ4v) is 5.29. The first-order valence-electron chi connectivity index (χ1n) is 12.8. The maximum Gasteiger partial charge on any atom is 0.266 e. The van der Waals surface area contributed by atoms with Crippen LogP contribution in [0.2, 0.25) is 10.0 Å². The standard InChI is InChI=1S/C32H27Cl2N3O3/c1-21(36(19-18-22-10-4-3-5-11-22)31(38)24-17-16-23(33)20-26(24)34)30-35-27-13-7-6-12-25(27)32(39)37(30)28-14-8-9-15-29(28)40-2/h3-17,20-21H,18-19H2,1-2H3. The molecule has 5 rings (SSSR count). The normalized spacial score (nSPS) is 11.8. The molecule has 0 saturated heterocycles. The molecule has 40 heavy (non-hydrogen) atoms. The van der Waals surface area contributed by atoms with Gasteiger partial charge in [0, 0.05) is 11.6 Å². The summed E-state index contributed by atoms with van der Waals surface area (Å²) in [5.74, 6) is 0.622. The Morgan fingerprint density at radius 3 is 2.40 bits per heavy atom. The van der Waals surface area contributed by atoms with E-state index in [2.05, 4.69) is 0 Å². The van der Waals surface area contributed by atoms with E-state index in [1.807, 2.05) is 55.5 Å². The number of para-hydroxylation sites is 3. The van der Waals surface area contributed by atoms with Crippen molar-refractivity contribution < 1.29 is 9.53 Å². The number of fused-ring (bicyclic) bond motifs is 1. The number of hydrogen-bond donors (Lipinski definition) is 0. The van der Waals surface area contributed by atoms with E-state index in [4.69, 9.17) is 32.9 Å². The van der Waals surface area contributed by atoms with Gasteiger partial charge in [-0.25, -0.2) is 4.98 Å². The van der Waals surface area contributed by atoms with E-state index < -0.39 is 6.04 Å². The molecule has 0 aliphatic heterocycles. The summed E-state index contributed by atoms with van der Waals surface area (Å²) < 4.78 is 7.15. The first-order chi connectivity index (χ1) is 19.4. The topological polar surface area (TPSA) is 64.4 Å². The molecular weight excluding hydrogens is 545 g/mol. The van der Waals surface area contributed by atoms with Gasteiger partial charge in [0.15, 0.2) is 0 Å². The highest BCUT2D eigenvalue weighted by molar-refractivity contribution is 6.36. The molecule has 0 fully saturated rings. The van der Waals surface area contributed by atoms with Crippen molar-refractivity contribution in [3.63, 3.8) is 0 Å². The third-order valence-corrected chi connectivity index (χ3v) is 7.42. The zero-order valence-electron chi connectivity index (χ0n) is 22.1. The lowest BCUT2D eigenvalue weighted by Gasteiger charge is -2.31. The van der Waals surface area contributed by atoms with Crippen LogP contribution >= 0.6 is 23.2 Å². The van der Waals surface area contributed by atoms with Gasteiger partial charge in [-0.1, -0.05) is 77.8 Å². The van der Waals surface area contributed by atoms with Crippen LogP contribution in [-0.2, 0) is 6.42 Å².